The summed E-state index contributed by atoms with van der Waals surface area (Å²) in [5.74, 6) is -0.793. The quantitative estimate of drug-likeness (QED) is 0.890. The molecule has 22 heavy (non-hydrogen) atoms. The first-order valence-electron chi connectivity index (χ1n) is 7.35. The second kappa shape index (κ2) is 6.01. The lowest BCUT2D eigenvalue weighted by Gasteiger charge is -2.18. The summed E-state index contributed by atoms with van der Waals surface area (Å²) in [4.78, 5) is 23.8. The molecule has 0 bridgehead atoms. The third kappa shape index (κ3) is 2.86. The molecule has 1 aliphatic rings. The van der Waals surface area contributed by atoms with Gasteiger partial charge in [0.15, 0.2) is 0 Å². The molecule has 0 unspecified atom stereocenters. The summed E-state index contributed by atoms with van der Waals surface area (Å²) in [6, 6.07) is 8.87. The maximum absolute atomic E-state index is 12.4. The monoisotopic (exact) mass is 298 g/mol. The number of aromatic nitrogens is 2. The number of benzene rings is 1. The Hall–Kier alpha value is -2.63. The van der Waals surface area contributed by atoms with E-state index in [9.17, 15) is 9.59 Å². The van der Waals surface area contributed by atoms with Crippen molar-refractivity contribution in [1.29, 1.82) is 0 Å². The van der Waals surface area contributed by atoms with Crippen molar-refractivity contribution in [2.24, 2.45) is 11.7 Å². The molecule has 114 valence electrons. The van der Waals surface area contributed by atoms with Gasteiger partial charge in [-0.05, 0) is 37.1 Å². The van der Waals surface area contributed by atoms with Gasteiger partial charge in [0.05, 0.1) is 11.6 Å². The van der Waals surface area contributed by atoms with Gasteiger partial charge in [0.25, 0.3) is 5.91 Å². The highest BCUT2D eigenvalue weighted by Gasteiger charge is 2.32. The first-order chi connectivity index (χ1) is 10.6. The predicted octanol–water partition coefficient (Wildman–Crippen LogP) is 1.26. The van der Waals surface area contributed by atoms with E-state index in [1.807, 2.05) is 24.4 Å². The van der Waals surface area contributed by atoms with Crippen LogP contribution in [0.25, 0.3) is 5.69 Å². The number of carbonyl (C=O) groups excluding carboxylic acids is 2. The zero-order valence-electron chi connectivity index (χ0n) is 12.1. The van der Waals surface area contributed by atoms with Crippen LogP contribution in [0.2, 0.25) is 0 Å². The van der Waals surface area contributed by atoms with Crippen molar-refractivity contribution in [1.82, 2.24) is 15.1 Å². The minimum absolute atomic E-state index is 0.168. The Bertz CT molecular complexity index is 681. The van der Waals surface area contributed by atoms with Crippen molar-refractivity contribution < 1.29 is 9.59 Å². The minimum Gasteiger partial charge on any atom is -0.369 e. The number of carbonyl (C=O) groups is 2. The summed E-state index contributed by atoms with van der Waals surface area (Å²) in [5, 5.41) is 7.08. The van der Waals surface area contributed by atoms with E-state index in [1.54, 1.807) is 23.0 Å². The topological polar surface area (TPSA) is 90.0 Å². The average Bonchev–Trinajstić information content (AvgIpc) is 3.18. The molecule has 2 atom stereocenters. The van der Waals surface area contributed by atoms with E-state index in [2.05, 4.69) is 10.4 Å². The molecule has 3 rings (SSSR count). The standard InChI is InChI=1S/C16H18N4O2/c17-15(21)13-6-2-7-14(13)19-16(22)11-4-1-5-12(10-11)20-9-3-8-18-20/h1,3-5,8-10,13-14H,2,6-7H2,(H2,17,21)(H,19,22)/t13-,14+/m1/s1. The summed E-state index contributed by atoms with van der Waals surface area (Å²) in [6.45, 7) is 0. The first-order valence-corrected chi connectivity index (χ1v) is 7.35. The third-order valence-corrected chi connectivity index (χ3v) is 4.08. The van der Waals surface area contributed by atoms with Crippen LogP contribution in [-0.4, -0.2) is 27.6 Å². The third-order valence-electron chi connectivity index (χ3n) is 4.08. The van der Waals surface area contributed by atoms with Gasteiger partial charge in [0.2, 0.25) is 5.91 Å². The molecular formula is C16H18N4O2. The Labute approximate surface area is 128 Å². The van der Waals surface area contributed by atoms with Gasteiger partial charge in [0, 0.05) is 24.0 Å². The molecule has 3 N–H and O–H groups in total. The number of primary amides is 1. The Morgan fingerprint density at radius 1 is 1.27 bits per heavy atom. The van der Waals surface area contributed by atoms with Crippen LogP contribution in [0.4, 0.5) is 0 Å². The fraction of sp³-hybridized carbons (Fsp3) is 0.312. The maximum Gasteiger partial charge on any atom is 0.251 e. The van der Waals surface area contributed by atoms with E-state index < -0.39 is 0 Å². The molecule has 0 spiro atoms. The molecule has 0 saturated heterocycles. The molecule has 0 aliphatic heterocycles. The van der Waals surface area contributed by atoms with E-state index in [1.165, 1.54) is 0 Å². The van der Waals surface area contributed by atoms with E-state index in [-0.39, 0.29) is 23.8 Å². The summed E-state index contributed by atoms with van der Waals surface area (Å²) >= 11 is 0. The number of nitrogens with two attached hydrogens (primary N) is 1. The highest BCUT2D eigenvalue weighted by molar-refractivity contribution is 5.95. The van der Waals surface area contributed by atoms with Crippen LogP contribution in [-0.2, 0) is 4.79 Å². The Morgan fingerprint density at radius 3 is 2.86 bits per heavy atom. The van der Waals surface area contributed by atoms with Gasteiger partial charge < -0.3 is 11.1 Å². The maximum atomic E-state index is 12.4. The second-order valence-electron chi connectivity index (χ2n) is 5.52. The summed E-state index contributed by atoms with van der Waals surface area (Å²) in [6.07, 6.45) is 5.94. The lowest BCUT2D eigenvalue weighted by Crippen LogP contribution is -2.42. The van der Waals surface area contributed by atoms with Crippen molar-refractivity contribution in [3.8, 4) is 5.69 Å². The molecule has 1 aliphatic carbocycles. The number of amides is 2. The summed E-state index contributed by atoms with van der Waals surface area (Å²) in [5.41, 5.74) is 6.75. The van der Waals surface area contributed by atoms with E-state index >= 15 is 0 Å². The zero-order valence-corrected chi connectivity index (χ0v) is 12.1. The average molecular weight is 298 g/mol. The molecule has 6 nitrogen and oxygen atoms in total. The number of hydrogen-bond donors (Lipinski definition) is 2. The van der Waals surface area contributed by atoms with Crippen LogP contribution in [0, 0.1) is 5.92 Å². The normalized spacial score (nSPS) is 20.7. The Morgan fingerprint density at radius 2 is 2.14 bits per heavy atom. The molecule has 6 heteroatoms. The largest absolute Gasteiger partial charge is 0.369 e. The van der Waals surface area contributed by atoms with Gasteiger partial charge in [0.1, 0.15) is 0 Å². The predicted molar refractivity (Wildman–Crippen MR) is 81.4 cm³/mol. The lowest BCUT2D eigenvalue weighted by atomic mass is 10.0. The molecule has 1 fully saturated rings. The van der Waals surface area contributed by atoms with E-state index in [0.717, 1.165) is 24.9 Å². The minimum atomic E-state index is -0.340. The number of nitrogens with one attached hydrogen (secondary N) is 1. The molecule has 2 amide bonds. The zero-order chi connectivity index (χ0) is 15.5. The van der Waals surface area contributed by atoms with Gasteiger partial charge >= 0.3 is 0 Å². The highest BCUT2D eigenvalue weighted by atomic mass is 16.2. The Balaban J connectivity index is 1.75. The second-order valence-corrected chi connectivity index (χ2v) is 5.52. The van der Waals surface area contributed by atoms with Gasteiger partial charge in [-0.25, -0.2) is 4.68 Å². The van der Waals surface area contributed by atoms with Crippen molar-refractivity contribution >= 4 is 11.8 Å². The van der Waals surface area contributed by atoms with Gasteiger partial charge in [-0.1, -0.05) is 12.5 Å². The van der Waals surface area contributed by atoms with Gasteiger partial charge in [-0.3, -0.25) is 9.59 Å². The van der Waals surface area contributed by atoms with E-state index in [4.69, 9.17) is 5.73 Å². The lowest BCUT2D eigenvalue weighted by molar-refractivity contribution is -0.122. The highest BCUT2D eigenvalue weighted by Crippen LogP contribution is 2.25. The van der Waals surface area contributed by atoms with Crippen LogP contribution < -0.4 is 11.1 Å². The molecule has 1 saturated carbocycles. The molecule has 2 aromatic rings. The van der Waals surface area contributed by atoms with Crippen LogP contribution in [0.5, 0.6) is 0 Å². The van der Waals surface area contributed by atoms with Crippen molar-refractivity contribution in [3.05, 3.63) is 48.3 Å². The first kappa shape index (κ1) is 14.3. The molecular weight excluding hydrogens is 280 g/mol. The van der Waals surface area contributed by atoms with Crippen molar-refractivity contribution in [3.63, 3.8) is 0 Å². The Kier molecular flexibility index (Phi) is 3.91. The van der Waals surface area contributed by atoms with Crippen LogP contribution in [0.1, 0.15) is 29.6 Å². The fourth-order valence-electron chi connectivity index (χ4n) is 2.94. The number of hydrogen-bond acceptors (Lipinski definition) is 3. The summed E-state index contributed by atoms with van der Waals surface area (Å²) < 4.78 is 1.69. The van der Waals surface area contributed by atoms with Gasteiger partial charge in [-0.15, -0.1) is 0 Å². The fourth-order valence-corrected chi connectivity index (χ4v) is 2.94. The SMILES string of the molecule is NC(=O)[C@@H]1CCC[C@@H]1NC(=O)c1cccc(-n2cccn2)c1. The van der Waals surface area contributed by atoms with Crippen molar-refractivity contribution in [2.75, 3.05) is 0 Å². The van der Waals surface area contributed by atoms with Crippen LogP contribution in [0.3, 0.4) is 0 Å². The number of nitrogens with zero attached hydrogens (tertiary/aromatic N) is 2. The molecule has 1 aromatic carbocycles. The number of rotatable bonds is 4. The van der Waals surface area contributed by atoms with E-state index in [0.29, 0.717) is 5.56 Å². The summed E-state index contributed by atoms with van der Waals surface area (Å²) in [7, 11) is 0. The smallest absolute Gasteiger partial charge is 0.251 e. The van der Waals surface area contributed by atoms with Crippen LogP contribution in [0.15, 0.2) is 42.7 Å². The molecule has 0 radical (unpaired) electrons. The molecule has 1 aromatic heterocycles. The van der Waals surface area contributed by atoms with Gasteiger partial charge in [-0.2, -0.15) is 5.10 Å². The van der Waals surface area contributed by atoms with Crippen LogP contribution >= 0.6 is 0 Å². The molecule has 1 heterocycles. The van der Waals surface area contributed by atoms with Crippen molar-refractivity contribution in [2.45, 2.75) is 25.3 Å².